The largest absolute Gasteiger partial charge is 0.423 e. The summed E-state index contributed by atoms with van der Waals surface area (Å²) in [6.07, 6.45) is 3.11. The fourth-order valence-corrected chi connectivity index (χ4v) is 4.93. The summed E-state index contributed by atoms with van der Waals surface area (Å²) in [4.78, 5) is 30.0. The van der Waals surface area contributed by atoms with Gasteiger partial charge in [0.15, 0.2) is 0 Å². The van der Waals surface area contributed by atoms with Crippen LogP contribution in [-0.2, 0) is 15.7 Å². The molecule has 1 amide bonds. The Labute approximate surface area is 206 Å². The first-order valence-electron chi connectivity index (χ1n) is 12.3. The summed E-state index contributed by atoms with van der Waals surface area (Å²) in [7, 11) is 0. The molecule has 196 valence electrons. The number of halogens is 3. The molecule has 2 aromatic heterocycles. The van der Waals surface area contributed by atoms with Gasteiger partial charge in [0.05, 0.1) is 31.1 Å². The molecule has 0 radical (unpaired) electrons. The van der Waals surface area contributed by atoms with Crippen molar-refractivity contribution < 1.29 is 22.7 Å². The zero-order valence-electron chi connectivity index (χ0n) is 19.9. The number of H-pyrrole nitrogens is 1. The summed E-state index contributed by atoms with van der Waals surface area (Å²) >= 11 is 0. The Morgan fingerprint density at radius 1 is 1.17 bits per heavy atom. The highest BCUT2D eigenvalue weighted by atomic mass is 19.4. The Kier molecular flexibility index (Phi) is 8.44. The van der Waals surface area contributed by atoms with Crippen LogP contribution < -0.4 is 21.1 Å². The van der Waals surface area contributed by atoms with Crippen molar-refractivity contribution in [3.63, 3.8) is 0 Å². The number of aromatic nitrogens is 3. The van der Waals surface area contributed by atoms with Crippen LogP contribution in [0.3, 0.4) is 0 Å². The summed E-state index contributed by atoms with van der Waals surface area (Å²) < 4.78 is 46.0. The van der Waals surface area contributed by atoms with Crippen LogP contribution in [0.15, 0.2) is 35.4 Å². The molecule has 1 aliphatic carbocycles. The third-order valence-corrected chi connectivity index (χ3v) is 6.70. The number of carbonyl (C=O) groups excluding carboxylic acids is 1. The molecule has 2 aromatic rings. The number of nitrogens with zero attached hydrogens (tertiary/aromatic N) is 3. The highest BCUT2D eigenvalue weighted by Gasteiger charge is 2.40. The van der Waals surface area contributed by atoms with Crippen molar-refractivity contribution in [2.24, 2.45) is 0 Å². The average molecular weight is 509 g/mol. The van der Waals surface area contributed by atoms with E-state index in [0.29, 0.717) is 25.4 Å². The van der Waals surface area contributed by atoms with E-state index in [-0.39, 0.29) is 43.3 Å². The minimum atomic E-state index is -4.79. The Bertz CT molecular complexity index is 1060. The van der Waals surface area contributed by atoms with Crippen LogP contribution in [0.4, 0.5) is 24.7 Å². The van der Waals surface area contributed by atoms with E-state index in [2.05, 4.69) is 20.7 Å². The summed E-state index contributed by atoms with van der Waals surface area (Å²) in [6.45, 7) is 0.717. The monoisotopic (exact) mass is 508 g/mol. The molecular weight excluding hydrogens is 477 g/mol. The Morgan fingerprint density at radius 3 is 2.67 bits per heavy atom. The highest BCUT2D eigenvalue weighted by molar-refractivity contribution is 5.76. The van der Waals surface area contributed by atoms with E-state index in [4.69, 9.17) is 4.74 Å². The summed E-state index contributed by atoms with van der Waals surface area (Å²) in [5.41, 5.74) is -2.73. The molecule has 1 saturated carbocycles. The van der Waals surface area contributed by atoms with Crippen LogP contribution >= 0.6 is 0 Å². The number of anilines is 2. The van der Waals surface area contributed by atoms with Crippen molar-refractivity contribution in [2.45, 2.75) is 69.2 Å². The number of hydrogen-bond acceptors (Lipinski definition) is 7. The van der Waals surface area contributed by atoms with Crippen LogP contribution in [0.5, 0.6) is 0 Å². The third-order valence-electron chi connectivity index (χ3n) is 6.70. The molecule has 0 aromatic carbocycles. The molecule has 3 heterocycles. The van der Waals surface area contributed by atoms with Gasteiger partial charge in [0.25, 0.3) is 5.56 Å². The van der Waals surface area contributed by atoms with Gasteiger partial charge in [0, 0.05) is 31.2 Å². The zero-order chi connectivity index (χ0) is 25.5. The molecule has 4 rings (SSSR count). The second-order valence-corrected chi connectivity index (χ2v) is 9.25. The van der Waals surface area contributed by atoms with Crippen molar-refractivity contribution in [3.8, 4) is 0 Å². The van der Waals surface area contributed by atoms with E-state index in [9.17, 15) is 22.8 Å². The number of aromatic amines is 1. The molecule has 2 fully saturated rings. The SMILES string of the molecule is O=C(CCOC[C@@H]1CCCN1c1cn[nH]c(=O)c1C(F)(F)F)N[C@H]1CC[C@@H](Nc2ccccn2)CC1. The molecule has 0 bridgehead atoms. The Hall–Kier alpha value is -3.15. The second-order valence-electron chi connectivity index (χ2n) is 9.25. The maximum absolute atomic E-state index is 13.4. The minimum Gasteiger partial charge on any atom is -0.379 e. The number of pyridine rings is 1. The van der Waals surface area contributed by atoms with Crippen LogP contribution in [0.1, 0.15) is 50.5 Å². The molecule has 9 nitrogen and oxygen atoms in total. The quantitative estimate of drug-likeness (QED) is 0.446. The van der Waals surface area contributed by atoms with Crippen molar-refractivity contribution in [2.75, 3.05) is 30.0 Å². The molecule has 36 heavy (non-hydrogen) atoms. The van der Waals surface area contributed by atoms with Crippen molar-refractivity contribution in [1.29, 1.82) is 0 Å². The number of nitrogens with one attached hydrogen (secondary N) is 3. The normalized spacial score (nSPS) is 22.4. The lowest BCUT2D eigenvalue weighted by Crippen LogP contribution is -2.40. The lowest BCUT2D eigenvalue weighted by molar-refractivity contribution is -0.138. The predicted molar refractivity (Wildman–Crippen MR) is 128 cm³/mol. The Morgan fingerprint density at radius 2 is 1.94 bits per heavy atom. The first-order valence-corrected chi connectivity index (χ1v) is 12.3. The molecule has 1 aliphatic heterocycles. The highest BCUT2D eigenvalue weighted by Crippen LogP contribution is 2.36. The fourth-order valence-electron chi connectivity index (χ4n) is 4.93. The summed E-state index contributed by atoms with van der Waals surface area (Å²) in [5.74, 6) is 0.755. The van der Waals surface area contributed by atoms with Gasteiger partial charge in [-0.05, 0) is 50.7 Å². The second kappa shape index (κ2) is 11.7. The van der Waals surface area contributed by atoms with Gasteiger partial charge >= 0.3 is 6.18 Å². The maximum atomic E-state index is 13.4. The van der Waals surface area contributed by atoms with E-state index in [1.54, 1.807) is 6.20 Å². The van der Waals surface area contributed by atoms with E-state index in [1.165, 1.54) is 4.90 Å². The zero-order valence-corrected chi connectivity index (χ0v) is 19.9. The van der Waals surface area contributed by atoms with E-state index in [1.807, 2.05) is 23.3 Å². The van der Waals surface area contributed by atoms with Crippen LogP contribution in [0, 0.1) is 0 Å². The van der Waals surface area contributed by atoms with Crippen molar-refractivity contribution >= 4 is 17.4 Å². The minimum absolute atomic E-state index is 0.0995. The van der Waals surface area contributed by atoms with Crippen molar-refractivity contribution in [1.82, 2.24) is 20.5 Å². The standard InChI is InChI=1S/C24H31F3N6O3/c25-24(26,27)22-19(14-29-32-23(22)35)33-12-3-4-18(33)15-36-13-10-21(34)31-17-8-6-16(7-9-17)30-20-5-1-2-11-28-20/h1-2,5,11,14,16-18H,3-4,6-10,12-13,15H2,(H,28,30)(H,31,34)(H,32,35)/t16-,17+,18-/m0/s1. The molecule has 2 aliphatic rings. The number of rotatable bonds is 9. The number of ether oxygens (including phenoxy) is 1. The molecule has 1 atom stereocenters. The molecule has 12 heteroatoms. The lowest BCUT2D eigenvalue weighted by atomic mass is 9.91. The molecule has 1 saturated heterocycles. The van der Waals surface area contributed by atoms with Gasteiger partial charge in [0.1, 0.15) is 11.4 Å². The third kappa shape index (κ3) is 6.74. The first kappa shape index (κ1) is 25.9. The average Bonchev–Trinajstić information content (AvgIpc) is 3.31. The maximum Gasteiger partial charge on any atom is 0.423 e. The predicted octanol–water partition coefficient (Wildman–Crippen LogP) is 3.10. The van der Waals surface area contributed by atoms with Gasteiger partial charge in [-0.3, -0.25) is 9.59 Å². The topological polar surface area (TPSA) is 112 Å². The van der Waals surface area contributed by atoms with Crippen LogP contribution in [0.2, 0.25) is 0 Å². The molecule has 3 N–H and O–H groups in total. The Balaban J connectivity index is 1.18. The fraction of sp³-hybridized carbons (Fsp3) is 0.583. The van der Waals surface area contributed by atoms with Crippen LogP contribution in [0.25, 0.3) is 0 Å². The molecular formula is C24H31F3N6O3. The number of carbonyl (C=O) groups is 1. The van der Waals surface area contributed by atoms with Gasteiger partial charge in [-0.2, -0.15) is 18.3 Å². The van der Waals surface area contributed by atoms with Gasteiger partial charge in [-0.1, -0.05) is 6.07 Å². The smallest absolute Gasteiger partial charge is 0.379 e. The number of amides is 1. The van der Waals surface area contributed by atoms with E-state index < -0.39 is 17.3 Å². The van der Waals surface area contributed by atoms with E-state index in [0.717, 1.165) is 37.7 Å². The van der Waals surface area contributed by atoms with Gasteiger partial charge in [-0.15, -0.1) is 0 Å². The summed E-state index contributed by atoms with van der Waals surface area (Å²) in [6, 6.07) is 5.88. The van der Waals surface area contributed by atoms with E-state index >= 15 is 0 Å². The number of alkyl halides is 3. The van der Waals surface area contributed by atoms with Crippen molar-refractivity contribution in [3.05, 3.63) is 46.5 Å². The van der Waals surface area contributed by atoms with Gasteiger partial charge in [-0.25, -0.2) is 10.1 Å². The first-order chi connectivity index (χ1) is 17.3. The van der Waals surface area contributed by atoms with Gasteiger partial charge < -0.3 is 20.3 Å². The van der Waals surface area contributed by atoms with Gasteiger partial charge in [0.2, 0.25) is 5.91 Å². The molecule has 0 unspecified atom stereocenters. The number of hydrogen-bond donors (Lipinski definition) is 3. The summed E-state index contributed by atoms with van der Waals surface area (Å²) in [5, 5.41) is 11.9. The van der Waals surface area contributed by atoms with Crippen LogP contribution in [-0.4, -0.2) is 59.0 Å². The molecule has 0 spiro atoms. The lowest BCUT2D eigenvalue weighted by Gasteiger charge is -2.30.